The van der Waals surface area contributed by atoms with Crippen LogP contribution in [0.15, 0.2) is 70.5 Å². The van der Waals surface area contributed by atoms with Gasteiger partial charge in [-0.15, -0.1) is 0 Å². The van der Waals surface area contributed by atoms with Crippen LogP contribution in [0.2, 0.25) is 5.02 Å². The molecule has 0 atom stereocenters. The van der Waals surface area contributed by atoms with E-state index in [-0.39, 0.29) is 6.54 Å². The number of benzene rings is 2. The van der Waals surface area contributed by atoms with Gasteiger partial charge in [-0.2, -0.15) is 0 Å². The van der Waals surface area contributed by atoms with E-state index in [2.05, 4.69) is 5.32 Å². The third-order valence-electron chi connectivity index (χ3n) is 3.84. The summed E-state index contributed by atoms with van der Waals surface area (Å²) in [5.41, 5.74) is -0.492. The number of aromatic nitrogens is 2. The van der Waals surface area contributed by atoms with Gasteiger partial charge in [0.2, 0.25) is 5.91 Å². The second kappa shape index (κ2) is 7.92. The van der Waals surface area contributed by atoms with Gasteiger partial charge < -0.3 is 10.1 Å². The largest absolute Gasteiger partial charge is 0.495 e. The number of amides is 1. The standard InChI is InChI=1S/C19H16ClN3O4/c1-27-16-8-7-13(11-15(16)20)21-17(24)12-22-9-10-23(19(26)18(22)25)14-5-3-2-4-6-14/h2-11H,12H2,1H3,(H,21,24). The van der Waals surface area contributed by atoms with E-state index in [0.717, 1.165) is 4.57 Å². The Morgan fingerprint density at radius 2 is 1.81 bits per heavy atom. The fourth-order valence-corrected chi connectivity index (χ4v) is 2.78. The first-order chi connectivity index (χ1) is 13.0. The molecule has 1 N–H and O–H groups in total. The van der Waals surface area contributed by atoms with Crippen molar-refractivity contribution in [3.05, 3.63) is 86.7 Å². The van der Waals surface area contributed by atoms with Gasteiger partial charge in [0.25, 0.3) is 0 Å². The summed E-state index contributed by atoms with van der Waals surface area (Å²) in [5.74, 6) is 0.0191. The first kappa shape index (κ1) is 18.5. The Morgan fingerprint density at radius 3 is 2.48 bits per heavy atom. The van der Waals surface area contributed by atoms with Gasteiger partial charge in [0, 0.05) is 23.8 Å². The van der Waals surface area contributed by atoms with Crippen LogP contribution in [0.4, 0.5) is 5.69 Å². The number of hydrogen-bond donors (Lipinski definition) is 1. The van der Waals surface area contributed by atoms with Crippen LogP contribution < -0.4 is 21.2 Å². The molecule has 2 aromatic carbocycles. The van der Waals surface area contributed by atoms with E-state index < -0.39 is 17.0 Å². The molecule has 27 heavy (non-hydrogen) atoms. The average molecular weight is 386 g/mol. The molecule has 0 aliphatic rings. The molecule has 1 amide bonds. The van der Waals surface area contributed by atoms with E-state index in [1.807, 2.05) is 6.07 Å². The lowest BCUT2D eigenvalue weighted by Gasteiger charge is -2.10. The zero-order valence-electron chi connectivity index (χ0n) is 14.4. The van der Waals surface area contributed by atoms with Crippen molar-refractivity contribution < 1.29 is 9.53 Å². The Balaban J connectivity index is 1.79. The van der Waals surface area contributed by atoms with Crippen LogP contribution >= 0.6 is 11.6 Å². The maximum absolute atomic E-state index is 12.3. The van der Waals surface area contributed by atoms with E-state index in [1.165, 1.54) is 30.1 Å². The summed E-state index contributed by atoms with van der Waals surface area (Å²) in [7, 11) is 1.49. The first-order valence-electron chi connectivity index (χ1n) is 8.00. The van der Waals surface area contributed by atoms with Crippen molar-refractivity contribution in [1.29, 1.82) is 0 Å². The van der Waals surface area contributed by atoms with Gasteiger partial charge in [0.05, 0.1) is 12.1 Å². The van der Waals surface area contributed by atoms with Crippen LogP contribution in [-0.4, -0.2) is 22.2 Å². The number of anilines is 1. The van der Waals surface area contributed by atoms with Gasteiger partial charge in [-0.1, -0.05) is 29.8 Å². The van der Waals surface area contributed by atoms with Crippen molar-refractivity contribution in [2.24, 2.45) is 0 Å². The smallest absolute Gasteiger partial charge is 0.320 e. The minimum absolute atomic E-state index is 0.298. The van der Waals surface area contributed by atoms with Gasteiger partial charge in [0.1, 0.15) is 12.3 Å². The molecule has 0 spiro atoms. The van der Waals surface area contributed by atoms with E-state index in [0.29, 0.717) is 22.1 Å². The van der Waals surface area contributed by atoms with Crippen LogP contribution in [0.25, 0.3) is 5.69 Å². The molecular weight excluding hydrogens is 370 g/mol. The Morgan fingerprint density at radius 1 is 1.07 bits per heavy atom. The fourth-order valence-electron chi connectivity index (χ4n) is 2.52. The van der Waals surface area contributed by atoms with Crippen LogP contribution in [0, 0.1) is 0 Å². The predicted molar refractivity (Wildman–Crippen MR) is 103 cm³/mol. The number of methoxy groups -OCH3 is 1. The molecule has 0 aliphatic carbocycles. The number of rotatable bonds is 5. The molecule has 1 heterocycles. The van der Waals surface area contributed by atoms with Crippen molar-refractivity contribution >= 4 is 23.2 Å². The number of nitrogens with one attached hydrogen (secondary N) is 1. The van der Waals surface area contributed by atoms with E-state index in [4.69, 9.17) is 16.3 Å². The number of halogens is 1. The van der Waals surface area contributed by atoms with Gasteiger partial charge in [0.15, 0.2) is 0 Å². The lowest BCUT2D eigenvalue weighted by atomic mass is 10.3. The van der Waals surface area contributed by atoms with Crippen molar-refractivity contribution in [3.8, 4) is 11.4 Å². The van der Waals surface area contributed by atoms with E-state index >= 15 is 0 Å². The van der Waals surface area contributed by atoms with Crippen LogP contribution in [-0.2, 0) is 11.3 Å². The van der Waals surface area contributed by atoms with Crippen LogP contribution in [0.5, 0.6) is 5.75 Å². The van der Waals surface area contributed by atoms with Crippen LogP contribution in [0.1, 0.15) is 0 Å². The number of carbonyl (C=O) groups is 1. The van der Waals surface area contributed by atoms with Crippen molar-refractivity contribution in [1.82, 2.24) is 9.13 Å². The second-order valence-electron chi connectivity index (χ2n) is 5.64. The minimum atomic E-state index is -0.788. The topological polar surface area (TPSA) is 82.3 Å². The fraction of sp³-hybridized carbons (Fsp3) is 0.105. The molecule has 0 saturated heterocycles. The van der Waals surface area contributed by atoms with Gasteiger partial charge in [-0.25, -0.2) is 0 Å². The monoisotopic (exact) mass is 385 g/mol. The summed E-state index contributed by atoms with van der Waals surface area (Å²) >= 11 is 6.02. The van der Waals surface area contributed by atoms with Crippen molar-refractivity contribution in [2.75, 3.05) is 12.4 Å². The molecular formula is C19H16ClN3O4. The van der Waals surface area contributed by atoms with Gasteiger partial charge >= 0.3 is 11.1 Å². The highest BCUT2D eigenvalue weighted by Gasteiger charge is 2.11. The minimum Gasteiger partial charge on any atom is -0.495 e. The summed E-state index contributed by atoms with van der Waals surface area (Å²) in [6.07, 6.45) is 2.86. The molecule has 0 radical (unpaired) electrons. The highest BCUT2D eigenvalue weighted by atomic mass is 35.5. The summed E-state index contributed by atoms with van der Waals surface area (Å²) in [5, 5.41) is 2.97. The second-order valence-corrected chi connectivity index (χ2v) is 6.05. The summed E-state index contributed by atoms with van der Waals surface area (Å²) in [6, 6.07) is 13.5. The Bertz CT molecular complexity index is 1090. The molecule has 7 nitrogen and oxygen atoms in total. The van der Waals surface area contributed by atoms with Gasteiger partial charge in [-0.05, 0) is 30.3 Å². The number of hydrogen-bond acceptors (Lipinski definition) is 4. The molecule has 138 valence electrons. The van der Waals surface area contributed by atoms with E-state index in [1.54, 1.807) is 36.4 Å². The maximum Gasteiger partial charge on any atom is 0.320 e. The summed E-state index contributed by atoms with van der Waals surface area (Å²) in [4.78, 5) is 36.8. The Kier molecular flexibility index (Phi) is 5.42. The average Bonchev–Trinajstić information content (AvgIpc) is 2.66. The van der Waals surface area contributed by atoms with Gasteiger partial charge in [-0.3, -0.25) is 23.5 Å². The highest BCUT2D eigenvalue weighted by Crippen LogP contribution is 2.27. The lowest BCUT2D eigenvalue weighted by molar-refractivity contribution is -0.116. The predicted octanol–water partition coefficient (Wildman–Crippen LogP) is 2.30. The Labute approximate surface area is 159 Å². The van der Waals surface area contributed by atoms with Crippen LogP contribution in [0.3, 0.4) is 0 Å². The molecule has 3 rings (SSSR count). The molecule has 0 aliphatic heterocycles. The molecule has 0 bridgehead atoms. The summed E-state index contributed by atoms with van der Waals surface area (Å²) < 4.78 is 7.34. The SMILES string of the molecule is COc1ccc(NC(=O)Cn2ccn(-c3ccccc3)c(=O)c2=O)cc1Cl. The first-order valence-corrected chi connectivity index (χ1v) is 8.38. The quantitative estimate of drug-likeness (QED) is 0.683. The summed E-state index contributed by atoms with van der Waals surface area (Å²) in [6.45, 7) is -0.298. The van der Waals surface area contributed by atoms with Crippen molar-refractivity contribution in [3.63, 3.8) is 0 Å². The maximum atomic E-state index is 12.3. The molecule has 0 saturated carbocycles. The Hall–Kier alpha value is -3.32. The molecule has 0 fully saturated rings. The number of nitrogens with zero attached hydrogens (tertiary/aromatic N) is 2. The molecule has 1 aromatic heterocycles. The number of carbonyl (C=O) groups excluding carboxylic acids is 1. The molecule has 0 unspecified atom stereocenters. The third-order valence-corrected chi connectivity index (χ3v) is 4.14. The highest BCUT2D eigenvalue weighted by molar-refractivity contribution is 6.32. The van der Waals surface area contributed by atoms with E-state index in [9.17, 15) is 14.4 Å². The normalized spacial score (nSPS) is 10.4. The number of ether oxygens (including phenoxy) is 1. The molecule has 3 aromatic rings. The third kappa shape index (κ3) is 4.09. The number of para-hydroxylation sites is 1. The zero-order chi connectivity index (χ0) is 19.4. The lowest BCUT2D eigenvalue weighted by Crippen LogP contribution is -2.41. The zero-order valence-corrected chi connectivity index (χ0v) is 15.1. The van der Waals surface area contributed by atoms with Crippen molar-refractivity contribution in [2.45, 2.75) is 6.54 Å². The molecule has 8 heteroatoms.